The van der Waals surface area contributed by atoms with Crippen LogP contribution in [-0.4, -0.2) is 21.0 Å². The van der Waals surface area contributed by atoms with E-state index in [1.807, 2.05) is 0 Å². The van der Waals surface area contributed by atoms with Crippen LogP contribution in [0.25, 0.3) is 0 Å². The molecule has 1 aromatic heterocycles. The van der Waals surface area contributed by atoms with Crippen LogP contribution in [0.3, 0.4) is 0 Å². The summed E-state index contributed by atoms with van der Waals surface area (Å²) in [6, 6.07) is 0.474. The summed E-state index contributed by atoms with van der Waals surface area (Å²) in [5, 5.41) is 3.92. The van der Waals surface area contributed by atoms with Gasteiger partial charge in [-0.3, -0.25) is 0 Å². The Bertz CT molecular complexity index is 504. The molecule has 2 aliphatic carbocycles. The van der Waals surface area contributed by atoms with Crippen LogP contribution in [-0.2, 0) is 0 Å². The second-order valence-electron chi connectivity index (χ2n) is 7.87. The molecule has 2 aliphatic rings. The first kappa shape index (κ1) is 18.9. The van der Waals surface area contributed by atoms with E-state index in [1.54, 1.807) is 0 Å². The quantitative estimate of drug-likeness (QED) is 0.686. The highest BCUT2D eigenvalue weighted by atomic mass is 35.5. The molecule has 2 fully saturated rings. The van der Waals surface area contributed by atoms with Gasteiger partial charge in [0.05, 0.1) is 0 Å². The van der Waals surface area contributed by atoms with Crippen molar-refractivity contribution in [2.45, 2.75) is 108 Å². The molecule has 0 saturated heterocycles. The van der Waals surface area contributed by atoms with Crippen molar-refractivity contribution in [3.8, 4) is 0 Å². The fourth-order valence-electron chi connectivity index (χ4n) is 4.29. The molecule has 5 heteroatoms. The molecule has 0 unspecified atom stereocenters. The molecular weight excluding hydrogens is 332 g/mol. The fourth-order valence-corrected chi connectivity index (χ4v) is 4.45. The minimum Gasteiger partial charge on any atom is -0.351 e. The van der Waals surface area contributed by atoms with Gasteiger partial charge in [-0.15, -0.1) is 0 Å². The molecule has 0 aromatic carbocycles. The lowest BCUT2D eigenvalue weighted by atomic mass is 9.90. The van der Waals surface area contributed by atoms with Gasteiger partial charge < -0.3 is 5.32 Å². The van der Waals surface area contributed by atoms with Crippen molar-refractivity contribution in [3.05, 3.63) is 11.1 Å². The van der Waals surface area contributed by atoms with Crippen molar-refractivity contribution < 1.29 is 0 Å². The third kappa shape index (κ3) is 6.40. The molecule has 140 valence electrons. The summed E-state index contributed by atoms with van der Waals surface area (Å²) in [4.78, 5) is 13.6. The van der Waals surface area contributed by atoms with Gasteiger partial charge >= 0.3 is 0 Å². The molecule has 0 bridgehead atoms. The number of rotatable bonds is 3. The van der Waals surface area contributed by atoms with Gasteiger partial charge in [-0.2, -0.15) is 9.97 Å². The fraction of sp³-hybridized carbons (Fsp3) is 0.850. The van der Waals surface area contributed by atoms with Crippen molar-refractivity contribution >= 4 is 17.5 Å². The molecule has 1 N–H and O–H groups in total. The van der Waals surface area contributed by atoms with E-state index in [9.17, 15) is 0 Å². The van der Waals surface area contributed by atoms with Gasteiger partial charge in [-0.25, -0.2) is 4.98 Å². The maximum atomic E-state index is 6.24. The average Bonchev–Trinajstić information content (AvgIpc) is 2.68. The third-order valence-electron chi connectivity index (χ3n) is 5.78. The molecule has 0 amide bonds. The Morgan fingerprint density at radius 1 is 0.640 bits per heavy atom. The lowest BCUT2D eigenvalue weighted by molar-refractivity contribution is 0.441. The first-order chi connectivity index (χ1) is 12.3. The zero-order valence-corrected chi connectivity index (χ0v) is 16.2. The lowest BCUT2D eigenvalue weighted by Gasteiger charge is -2.21. The summed E-state index contributed by atoms with van der Waals surface area (Å²) in [7, 11) is 0. The second-order valence-corrected chi connectivity index (χ2v) is 8.21. The van der Waals surface area contributed by atoms with Gasteiger partial charge in [0, 0.05) is 12.0 Å². The van der Waals surface area contributed by atoms with Crippen LogP contribution in [0.15, 0.2) is 0 Å². The molecule has 0 atom stereocenters. The summed E-state index contributed by atoms with van der Waals surface area (Å²) < 4.78 is 0. The van der Waals surface area contributed by atoms with Crippen LogP contribution in [0.1, 0.15) is 108 Å². The van der Waals surface area contributed by atoms with Gasteiger partial charge in [0.25, 0.3) is 0 Å². The molecular formula is C20H33ClN4. The Morgan fingerprint density at radius 2 is 1.16 bits per heavy atom. The highest BCUT2D eigenvalue weighted by Gasteiger charge is 2.19. The number of aromatic nitrogens is 3. The lowest BCUT2D eigenvalue weighted by Crippen LogP contribution is -2.22. The molecule has 1 aromatic rings. The minimum atomic E-state index is 0.345. The van der Waals surface area contributed by atoms with Gasteiger partial charge in [-0.05, 0) is 37.3 Å². The van der Waals surface area contributed by atoms with E-state index in [1.165, 1.54) is 96.3 Å². The standard InChI is InChI=1S/C20H33ClN4/c21-19-23-18(16-12-8-4-3-5-9-13-16)24-20(25-19)22-17-14-10-6-1-2-7-11-15-17/h16-17H,1-15H2,(H,22,23,24,25). The minimum absolute atomic E-state index is 0.345. The molecule has 2 saturated carbocycles. The Labute approximate surface area is 157 Å². The van der Waals surface area contributed by atoms with Crippen LogP contribution in [0.5, 0.6) is 0 Å². The maximum absolute atomic E-state index is 6.24. The number of halogens is 1. The average molecular weight is 365 g/mol. The van der Waals surface area contributed by atoms with E-state index < -0.39 is 0 Å². The maximum Gasteiger partial charge on any atom is 0.227 e. The molecule has 3 rings (SSSR count). The molecule has 0 aliphatic heterocycles. The summed E-state index contributed by atoms with van der Waals surface area (Å²) in [5.74, 6) is 2.05. The molecule has 4 nitrogen and oxygen atoms in total. The third-order valence-corrected chi connectivity index (χ3v) is 5.95. The first-order valence-electron chi connectivity index (χ1n) is 10.5. The summed E-state index contributed by atoms with van der Waals surface area (Å²) in [5.41, 5.74) is 0. The van der Waals surface area contributed by atoms with Crippen LogP contribution in [0.4, 0.5) is 5.95 Å². The van der Waals surface area contributed by atoms with Gasteiger partial charge in [0.2, 0.25) is 11.2 Å². The SMILES string of the molecule is Clc1nc(NC2CCCCCCCC2)nc(C2CCCCCCC2)n1. The zero-order chi connectivity index (χ0) is 17.3. The largest absolute Gasteiger partial charge is 0.351 e. The highest BCUT2D eigenvalue weighted by molar-refractivity contribution is 6.28. The zero-order valence-electron chi connectivity index (χ0n) is 15.5. The van der Waals surface area contributed by atoms with Gasteiger partial charge in [-0.1, -0.05) is 70.6 Å². The topological polar surface area (TPSA) is 50.7 Å². The van der Waals surface area contributed by atoms with Crippen LogP contribution >= 0.6 is 11.6 Å². The number of hydrogen-bond acceptors (Lipinski definition) is 4. The van der Waals surface area contributed by atoms with E-state index in [4.69, 9.17) is 16.6 Å². The van der Waals surface area contributed by atoms with Gasteiger partial charge in [0.1, 0.15) is 5.82 Å². The van der Waals surface area contributed by atoms with Crippen LogP contribution in [0.2, 0.25) is 5.28 Å². The van der Waals surface area contributed by atoms with E-state index in [0.29, 0.717) is 23.2 Å². The monoisotopic (exact) mass is 364 g/mol. The predicted octanol–water partition coefficient (Wildman–Crippen LogP) is 6.27. The summed E-state index contributed by atoms with van der Waals surface area (Å²) in [6.07, 6.45) is 19.5. The number of nitrogens with zero attached hydrogens (tertiary/aromatic N) is 3. The number of hydrogen-bond donors (Lipinski definition) is 1. The van der Waals surface area contributed by atoms with E-state index >= 15 is 0 Å². The second kappa shape index (κ2) is 10.3. The van der Waals surface area contributed by atoms with Crippen molar-refractivity contribution in [1.29, 1.82) is 0 Å². The summed E-state index contributed by atoms with van der Waals surface area (Å²) in [6.45, 7) is 0. The van der Waals surface area contributed by atoms with E-state index in [0.717, 1.165) is 5.82 Å². The number of anilines is 1. The van der Waals surface area contributed by atoms with Gasteiger partial charge in [0.15, 0.2) is 0 Å². The molecule has 0 spiro atoms. The predicted molar refractivity (Wildman–Crippen MR) is 104 cm³/mol. The van der Waals surface area contributed by atoms with Crippen molar-refractivity contribution in [1.82, 2.24) is 15.0 Å². The van der Waals surface area contributed by atoms with Crippen LogP contribution in [0, 0.1) is 0 Å². The van der Waals surface area contributed by atoms with Crippen molar-refractivity contribution in [2.75, 3.05) is 5.32 Å². The summed E-state index contributed by atoms with van der Waals surface area (Å²) >= 11 is 6.24. The Hall–Kier alpha value is -0.900. The first-order valence-corrected chi connectivity index (χ1v) is 10.9. The van der Waals surface area contributed by atoms with E-state index in [-0.39, 0.29) is 0 Å². The molecule has 25 heavy (non-hydrogen) atoms. The molecule has 1 heterocycles. The van der Waals surface area contributed by atoms with Crippen molar-refractivity contribution in [2.24, 2.45) is 0 Å². The van der Waals surface area contributed by atoms with Crippen molar-refractivity contribution in [3.63, 3.8) is 0 Å². The Kier molecular flexibility index (Phi) is 7.78. The number of nitrogens with one attached hydrogen (secondary N) is 1. The molecule has 0 radical (unpaired) electrons. The van der Waals surface area contributed by atoms with E-state index in [2.05, 4.69) is 15.3 Å². The smallest absolute Gasteiger partial charge is 0.227 e. The highest BCUT2D eigenvalue weighted by Crippen LogP contribution is 2.30. The Morgan fingerprint density at radius 3 is 1.76 bits per heavy atom. The normalized spacial score (nSPS) is 22.3. The van der Waals surface area contributed by atoms with Crippen LogP contribution < -0.4 is 5.32 Å². The Balaban J connectivity index is 1.67.